The van der Waals surface area contributed by atoms with E-state index in [0.717, 1.165) is 9.78 Å². The average Bonchev–Trinajstić information content (AvgIpc) is 3.11. The Morgan fingerprint density at radius 2 is 2.04 bits per heavy atom. The molecule has 9 heteroatoms. The van der Waals surface area contributed by atoms with Crippen LogP contribution in [0.25, 0.3) is 0 Å². The van der Waals surface area contributed by atoms with E-state index in [0.29, 0.717) is 17.8 Å². The number of nitrogens with one attached hydrogen (secondary N) is 2. The highest BCUT2D eigenvalue weighted by molar-refractivity contribution is 7.16. The predicted molar refractivity (Wildman–Crippen MR) is 102 cm³/mol. The Hall–Kier alpha value is -2.42. The van der Waals surface area contributed by atoms with Crippen molar-refractivity contribution in [3.05, 3.63) is 16.5 Å². The summed E-state index contributed by atoms with van der Waals surface area (Å²) in [6.45, 7) is 7.37. The van der Waals surface area contributed by atoms with Gasteiger partial charge in [-0.2, -0.15) is 0 Å². The smallest absolute Gasteiger partial charge is 0.341 e. The number of amides is 4. The Morgan fingerprint density at radius 3 is 2.63 bits per heavy atom. The molecule has 4 amide bonds. The van der Waals surface area contributed by atoms with Gasteiger partial charge in [0, 0.05) is 4.88 Å². The maximum atomic E-state index is 12.4. The molecule has 0 aromatic carbocycles. The lowest BCUT2D eigenvalue weighted by Crippen LogP contribution is -2.38. The topological polar surface area (TPSA) is 105 Å². The van der Waals surface area contributed by atoms with Gasteiger partial charge in [-0.25, -0.2) is 9.59 Å². The van der Waals surface area contributed by atoms with E-state index in [1.165, 1.54) is 11.3 Å². The molecule has 0 saturated carbocycles. The number of urea groups is 1. The Morgan fingerprint density at radius 1 is 1.33 bits per heavy atom. The van der Waals surface area contributed by atoms with Crippen LogP contribution in [0, 0.1) is 5.92 Å². The molecule has 0 spiro atoms. The number of rotatable bonds is 8. The van der Waals surface area contributed by atoms with Crippen LogP contribution in [0.5, 0.6) is 0 Å². The van der Waals surface area contributed by atoms with Gasteiger partial charge in [-0.15, -0.1) is 11.3 Å². The van der Waals surface area contributed by atoms with Crippen LogP contribution in [0.1, 0.15) is 49.4 Å². The third kappa shape index (κ3) is 5.06. The Labute approximate surface area is 162 Å². The van der Waals surface area contributed by atoms with Crippen LogP contribution < -0.4 is 10.6 Å². The first-order chi connectivity index (χ1) is 12.8. The fourth-order valence-corrected chi connectivity index (χ4v) is 3.74. The van der Waals surface area contributed by atoms with Crippen molar-refractivity contribution in [1.29, 1.82) is 0 Å². The normalized spacial score (nSPS) is 16.6. The highest BCUT2D eigenvalue weighted by Gasteiger charge is 2.39. The van der Waals surface area contributed by atoms with E-state index in [1.807, 2.05) is 20.8 Å². The van der Waals surface area contributed by atoms with Gasteiger partial charge in [0.25, 0.3) is 5.91 Å². The summed E-state index contributed by atoms with van der Waals surface area (Å²) in [5, 5.41) is 5.59. The summed E-state index contributed by atoms with van der Waals surface area (Å²) in [4.78, 5) is 50.6. The van der Waals surface area contributed by atoms with Gasteiger partial charge in [-0.05, 0) is 31.7 Å². The van der Waals surface area contributed by atoms with Gasteiger partial charge in [0.1, 0.15) is 17.6 Å². The van der Waals surface area contributed by atoms with Crippen LogP contribution in [0.4, 0.5) is 9.80 Å². The number of nitrogens with zero attached hydrogens (tertiary/aromatic N) is 1. The zero-order valence-corrected chi connectivity index (χ0v) is 16.8. The molecule has 2 rings (SSSR count). The van der Waals surface area contributed by atoms with Crippen molar-refractivity contribution in [2.24, 2.45) is 5.92 Å². The molecule has 1 aliphatic heterocycles. The lowest BCUT2D eigenvalue weighted by Gasteiger charge is -2.13. The summed E-state index contributed by atoms with van der Waals surface area (Å²) in [6.07, 6.45) is 1.22. The number of thiophene rings is 1. The molecule has 0 radical (unpaired) electrons. The third-order valence-corrected chi connectivity index (χ3v) is 5.19. The summed E-state index contributed by atoms with van der Waals surface area (Å²) in [5.74, 6) is -1.23. The Kier molecular flexibility index (Phi) is 6.95. The fraction of sp³-hybridized carbons (Fsp3) is 0.556. The van der Waals surface area contributed by atoms with Crippen molar-refractivity contribution in [2.45, 2.75) is 46.6 Å². The van der Waals surface area contributed by atoms with E-state index in [2.05, 4.69) is 10.6 Å². The molecular weight excluding hydrogens is 370 g/mol. The molecule has 1 fully saturated rings. The largest absolute Gasteiger partial charge is 0.462 e. The molecule has 1 aromatic heterocycles. The average molecular weight is 395 g/mol. The number of anilines is 1. The summed E-state index contributed by atoms with van der Waals surface area (Å²) >= 11 is 1.27. The molecule has 2 N–H and O–H groups in total. The maximum Gasteiger partial charge on any atom is 0.341 e. The second kappa shape index (κ2) is 8.98. The minimum atomic E-state index is -0.603. The number of carbonyl (C=O) groups excluding carboxylic acids is 4. The van der Waals surface area contributed by atoms with Crippen LogP contribution in [-0.2, 0) is 20.7 Å². The van der Waals surface area contributed by atoms with Crippen LogP contribution in [0.3, 0.4) is 0 Å². The summed E-state index contributed by atoms with van der Waals surface area (Å²) in [6, 6.07) is 0.505. The first-order valence-corrected chi connectivity index (χ1v) is 9.79. The van der Waals surface area contributed by atoms with Gasteiger partial charge in [0.05, 0.1) is 12.2 Å². The van der Waals surface area contributed by atoms with Gasteiger partial charge in [-0.3, -0.25) is 14.5 Å². The zero-order valence-electron chi connectivity index (χ0n) is 16.0. The number of aryl methyl sites for hydroxylation is 1. The summed E-state index contributed by atoms with van der Waals surface area (Å²) in [5.41, 5.74) is 0.280. The maximum absolute atomic E-state index is 12.4. The van der Waals surface area contributed by atoms with Crippen LogP contribution >= 0.6 is 11.3 Å². The molecule has 1 atom stereocenters. The SMILES string of the molecule is CCOC(=O)c1cc(CC)sc1NC(=O)CN1C(=O)NC(CC(C)C)C1=O. The van der Waals surface area contributed by atoms with E-state index in [1.54, 1.807) is 13.0 Å². The summed E-state index contributed by atoms with van der Waals surface area (Å²) < 4.78 is 5.01. The number of hydrogen-bond acceptors (Lipinski definition) is 6. The zero-order chi connectivity index (χ0) is 20.1. The lowest BCUT2D eigenvalue weighted by molar-refractivity contribution is -0.131. The lowest BCUT2D eigenvalue weighted by atomic mass is 10.0. The summed E-state index contributed by atoms with van der Waals surface area (Å²) in [7, 11) is 0. The van der Waals surface area contributed by atoms with Crippen LogP contribution in [-0.4, -0.2) is 47.9 Å². The molecular formula is C18H25N3O5S. The Balaban J connectivity index is 2.07. The molecule has 1 saturated heterocycles. The molecule has 27 heavy (non-hydrogen) atoms. The number of hydrogen-bond donors (Lipinski definition) is 2. The first kappa shape index (κ1) is 20.9. The molecule has 8 nitrogen and oxygen atoms in total. The van der Waals surface area contributed by atoms with Crippen LogP contribution in [0.2, 0.25) is 0 Å². The second-order valence-electron chi connectivity index (χ2n) is 6.63. The molecule has 1 aromatic rings. The van der Waals surface area contributed by atoms with Gasteiger partial charge in [0.2, 0.25) is 5.91 Å². The highest BCUT2D eigenvalue weighted by Crippen LogP contribution is 2.29. The van der Waals surface area contributed by atoms with E-state index < -0.39 is 36.4 Å². The number of ether oxygens (including phenoxy) is 1. The molecule has 1 unspecified atom stereocenters. The number of imide groups is 1. The molecule has 0 bridgehead atoms. The number of esters is 1. The van der Waals surface area contributed by atoms with Crippen molar-refractivity contribution < 1.29 is 23.9 Å². The first-order valence-electron chi connectivity index (χ1n) is 8.98. The molecule has 2 heterocycles. The third-order valence-electron chi connectivity index (χ3n) is 4.00. The van der Waals surface area contributed by atoms with Crippen molar-refractivity contribution in [3.8, 4) is 0 Å². The van der Waals surface area contributed by atoms with Gasteiger partial charge >= 0.3 is 12.0 Å². The van der Waals surface area contributed by atoms with Crippen molar-refractivity contribution in [2.75, 3.05) is 18.5 Å². The Bertz CT molecular complexity index is 743. The van der Waals surface area contributed by atoms with E-state index in [4.69, 9.17) is 4.74 Å². The quantitative estimate of drug-likeness (QED) is 0.519. The van der Waals surface area contributed by atoms with Crippen molar-refractivity contribution >= 4 is 40.2 Å². The van der Waals surface area contributed by atoms with E-state index in [9.17, 15) is 19.2 Å². The van der Waals surface area contributed by atoms with Gasteiger partial charge in [0.15, 0.2) is 0 Å². The van der Waals surface area contributed by atoms with Gasteiger partial charge < -0.3 is 15.4 Å². The minimum Gasteiger partial charge on any atom is -0.462 e. The predicted octanol–water partition coefficient (Wildman–Crippen LogP) is 2.39. The molecule has 148 valence electrons. The molecule has 1 aliphatic rings. The molecule has 0 aliphatic carbocycles. The van der Waals surface area contributed by atoms with Crippen molar-refractivity contribution in [1.82, 2.24) is 10.2 Å². The van der Waals surface area contributed by atoms with Crippen LogP contribution in [0.15, 0.2) is 6.07 Å². The minimum absolute atomic E-state index is 0.225. The van der Waals surface area contributed by atoms with E-state index in [-0.39, 0.29) is 18.1 Å². The van der Waals surface area contributed by atoms with E-state index >= 15 is 0 Å². The highest BCUT2D eigenvalue weighted by atomic mass is 32.1. The van der Waals surface area contributed by atoms with Gasteiger partial charge in [-0.1, -0.05) is 20.8 Å². The fourth-order valence-electron chi connectivity index (χ4n) is 2.74. The number of carbonyl (C=O) groups is 4. The second-order valence-corrected chi connectivity index (χ2v) is 7.77. The monoisotopic (exact) mass is 395 g/mol. The van der Waals surface area contributed by atoms with Crippen molar-refractivity contribution in [3.63, 3.8) is 0 Å². The standard InChI is InChI=1S/C18H25N3O5S/c1-5-11-8-12(17(24)26-6-2)15(27-11)20-14(22)9-21-16(23)13(7-10(3)4)19-18(21)25/h8,10,13H,5-7,9H2,1-4H3,(H,19,25)(H,20,22).